The summed E-state index contributed by atoms with van der Waals surface area (Å²) in [6, 6.07) is 9.57. The molecule has 8 heteroatoms. The number of nitrogens with zero attached hydrogens (tertiary/aromatic N) is 4. The van der Waals surface area contributed by atoms with Crippen molar-refractivity contribution in [2.75, 3.05) is 24.3 Å². The molecule has 3 aromatic heterocycles. The smallest absolute Gasteiger partial charge is 0.141 e. The largest absolute Gasteiger partial charge is 0.378 e. The highest BCUT2D eigenvalue weighted by Gasteiger charge is 2.25. The zero-order valence-electron chi connectivity index (χ0n) is 15.7. The highest BCUT2D eigenvalue weighted by molar-refractivity contribution is 6.39. The molecular weight excluding hydrogens is 407 g/mol. The van der Waals surface area contributed by atoms with Crippen LogP contribution < -0.4 is 10.2 Å². The Labute approximate surface area is 177 Å². The Balaban J connectivity index is 1.77. The molecule has 0 atom stereocenters. The van der Waals surface area contributed by atoms with Gasteiger partial charge in [0, 0.05) is 43.3 Å². The first kappa shape index (κ1) is 18.0. The fraction of sp³-hybridized carbons (Fsp3) is 0.0952. The molecule has 5 rings (SSSR count). The number of pyridine rings is 2. The van der Waals surface area contributed by atoms with Crippen LogP contribution in [0, 0.1) is 0 Å². The molecule has 0 amide bonds. The molecule has 0 spiro atoms. The van der Waals surface area contributed by atoms with Crippen molar-refractivity contribution in [1.82, 2.24) is 19.9 Å². The van der Waals surface area contributed by atoms with Crippen molar-refractivity contribution < 1.29 is 0 Å². The van der Waals surface area contributed by atoms with Gasteiger partial charge < -0.3 is 15.2 Å². The van der Waals surface area contributed by atoms with Crippen LogP contribution in [0.5, 0.6) is 0 Å². The van der Waals surface area contributed by atoms with Crippen LogP contribution in [0.15, 0.2) is 48.9 Å². The zero-order valence-corrected chi connectivity index (χ0v) is 17.2. The topological polar surface area (TPSA) is 69.7 Å². The van der Waals surface area contributed by atoms with E-state index in [2.05, 4.69) is 20.3 Å². The predicted octanol–water partition coefficient (Wildman–Crippen LogP) is 5.63. The number of nitrogens with one attached hydrogen (secondary N) is 2. The normalized spacial score (nSPS) is 11.7. The molecule has 0 aliphatic carbocycles. The lowest BCUT2D eigenvalue weighted by Gasteiger charge is -2.15. The van der Waals surface area contributed by atoms with E-state index in [-0.39, 0.29) is 0 Å². The fourth-order valence-electron chi connectivity index (χ4n) is 3.46. The van der Waals surface area contributed by atoms with Gasteiger partial charge in [0.15, 0.2) is 0 Å². The maximum atomic E-state index is 6.60. The molecule has 0 fully saturated rings. The number of imidazole rings is 1. The molecule has 1 aliphatic rings. The summed E-state index contributed by atoms with van der Waals surface area (Å²) in [4.78, 5) is 19.0. The molecule has 144 valence electrons. The third kappa shape index (κ3) is 2.92. The van der Waals surface area contributed by atoms with Crippen LogP contribution in [-0.2, 0) is 0 Å². The highest BCUT2D eigenvalue weighted by Crippen LogP contribution is 2.44. The highest BCUT2D eigenvalue weighted by atomic mass is 35.5. The zero-order chi connectivity index (χ0) is 20.1. The molecule has 0 saturated carbocycles. The number of hydrogen-bond acceptors (Lipinski definition) is 5. The van der Waals surface area contributed by atoms with Gasteiger partial charge in [-0.1, -0.05) is 23.2 Å². The molecule has 0 saturated heterocycles. The summed E-state index contributed by atoms with van der Waals surface area (Å²) in [7, 11) is 3.89. The number of hydrogen-bond donors (Lipinski definition) is 2. The first-order chi connectivity index (χ1) is 14.0. The van der Waals surface area contributed by atoms with Crippen LogP contribution in [-0.4, -0.2) is 34.0 Å². The van der Waals surface area contributed by atoms with Gasteiger partial charge in [0.1, 0.15) is 17.3 Å². The van der Waals surface area contributed by atoms with E-state index in [1.54, 1.807) is 18.6 Å². The van der Waals surface area contributed by atoms with Crippen LogP contribution in [0.4, 0.5) is 17.2 Å². The Morgan fingerprint density at radius 1 is 1.00 bits per heavy atom. The van der Waals surface area contributed by atoms with Crippen LogP contribution in [0.2, 0.25) is 10.0 Å². The van der Waals surface area contributed by atoms with Crippen molar-refractivity contribution in [1.29, 1.82) is 0 Å². The minimum atomic E-state index is 0.532. The average molecular weight is 423 g/mol. The molecule has 0 bridgehead atoms. The summed E-state index contributed by atoms with van der Waals surface area (Å²) in [6.07, 6.45) is 5.27. The predicted molar refractivity (Wildman–Crippen MR) is 118 cm³/mol. The van der Waals surface area contributed by atoms with Crippen LogP contribution in [0.3, 0.4) is 0 Å². The number of rotatable bonds is 2. The van der Waals surface area contributed by atoms with Gasteiger partial charge in [0.05, 0.1) is 33.2 Å². The van der Waals surface area contributed by atoms with Gasteiger partial charge in [0.25, 0.3) is 0 Å². The van der Waals surface area contributed by atoms with Crippen molar-refractivity contribution in [3.05, 3.63) is 59.0 Å². The standard InChI is InChI=1S/C21H16Cl2N6/c1-29(2)11-8-14(22)17(15(23)9-11)21-27-18-12-5-7-24-10-16(12)26-20-13(19(18)28-21)4-3-6-25-20/h3-10H,1-2H3,(H,25,26)(H,27,28). The second kappa shape index (κ2) is 6.76. The van der Waals surface area contributed by atoms with E-state index in [0.29, 0.717) is 21.4 Å². The average Bonchev–Trinajstić information content (AvgIpc) is 3.07. The summed E-state index contributed by atoms with van der Waals surface area (Å²) >= 11 is 13.2. The molecule has 1 aromatic carbocycles. The molecule has 0 radical (unpaired) electrons. The summed E-state index contributed by atoms with van der Waals surface area (Å²) in [5, 5.41) is 4.41. The Morgan fingerprint density at radius 3 is 2.55 bits per heavy atom. The maximum absolute atomic E-state index is 6.60. The van der Waals surface area contributed by atoms with Gasteiger partial charge in [-0.25, -0.2) is 9.97 Å². The number of aromatic amines is 1. The quantitative estimate of drug-likeness (QED) is 0.385. The molecule has 4 aromatic rings. The van der Waals surface area contributed by atoms with Crippen molar-refractivity contribution in [2.24, 2.45) is 0 Å². The number of fused-ring (bicyclic) bond motifs is 5. The monoisotopic (exact) mass is 422 g/mol. The lowest BCUT2D eigenvalue weighted by molar-refractivity contribution is 1.13. The lowest BCUT2D eigenvalue weighted by Crippen LogP contribution is -2.08. The Hall–Kier alpha value is -3.09. The van der Waals surface area contributed by atoms with E-state index in [1.165, 1.54) is 0 Å². The van der Waals surface area contributed by atoms with Crippen molar-refractivity contribution in [3.63, 3.8) is 0 Å². The minimum absolute atomic E-state index is 0.532. The van der Waals surface area contributed by atoms with Gasteiger partial charge in [-0.05, 0) is 30.3 Å². The lowest BCUT2D eigenvalue weighted by atomic mass is 10.1. The van der Waals surface area contributed by atoms with Gasteiger partial charge in [0.2, 0.25) is 0 Å². The molecule has 2 N–H and O–H groups in total. The number of anilines is 3. The Kier molecular flexibility index (Phi) is 4.19. The SMILES string of the molecule is CN(C)c1cc(Cl)c(-c2nc3c([nH]2)-c2ccncc2Nc2ncccc2-3)c(Cl)c1. The van der Waals surface area contributed by atoms with Crippen molar-refractivity contribution in [3.8, 4) is 33.9 Å². The Morgan fingerprint density at radius 2 is 1.79 bits per heavy atom. The number of H-pyrrole nitrogens is 1. The van der Waals surface area contributed by atoms with Crippen LogP contribution >= 0.6 is 23.2 Å². The van der Waals surface area contributed by atoms with Crippen molar-refractivity contribution >= 4 is 40.4 Å². The van der Waals surface area contributed by atoms with E-state index in [4.69, 9.17) is 28.2 Å². The second-order valence-corrected chi connectivity index (χ2v) is 7.75. The number of halogens is 2. The molecule has 0 unspecified atom stereocenters. The summed E-state index contributed by atoms with van der Waals surface area (Å²) < 4.78 is 0. The van der Waals surface area contributed by atoms with Gasteiger partial charge in [-0.2, -0.15) is 0 Å². The number of aromatic nitrogens is 4. The van der Waals surface area contributed by atoms with Gasteiger partial charge in [-0.15, -0.1) is 0 Å². The molecule has 4 heterocycles. The summed E-state index contributed by atoms with van der Waals surface area (Å²) in [5.41, 5.74) is 5.92. The van der Waals surface area contributed by atoms with Gasteiger partial charge >= 0.3 is 0 Å². The fourth-order valence-corrected chi connectivity index (χ4v) is 4.12. The molecule has 29 heavy (non-hydrogen) atoms. The first-order valence-corrected chi connectivity index (χ1v) is 9.72. The summed E-state index contributed by atoms with van der Waals surface area (Å²) in [5.74, 6) is 1.33. The van der Waals surface area contributed by atoms with Crippen LogP contribution in [0.1, 0.15) is 0 Å². The van der Waals surface area contributed by atoms with E-state index in [9.17, 15) is 0 Å². The van der Waals surface area contributed by atoms with E-state index >= 15 is 0 Å². The van der Waals surface area contributed by atoms with E-state index < -0.39 is 0 Å². The second-order valence-electron chi connectivity index (χ2n) is 6.93. The first-order valence-electron chi connectivity index (χ1n) is 8.96. The maximum Gasteiger partial charge on any atom is 0.141 e. The molecular formula is C21H16Cl2N6. The molecule has 1 aliphatic heterocycles. The third-order valence-electron chi connectivity index (χ3n) is 4.89. The van der Waals surface area contributed by atoms with E-state index in [1.807, 2.05) is 49.3 Å². The van der Waals surface area contributed by atoms with Gasteiger partial charge in [-0.3, -0.25) is 4.98 Å². The van der Waals surface area contributed by atoms with Crippen LogP contribution in [0.25, 0.3) is 33.9 Å². The minimum Gasteiger partial charge on any atom is -0.378 e. The van der Waals surface area contributed by atoms with Crippen molar-refractivity contribution in [2.45, 2.75) is 0 Å². The number of benzene rings is 1. The molecule has 6 nitrogen and oxygen atoms in total. The summed E-state index contributed by atoms with van der Waals surface area (Å²) in [6.45, 7) is 0. The third-order valence-corrected chi connectivity index (χ3v) is 5.49. The van der Waals surface area contributed by atoms with E-state index in [0.717, 1.165) is 39.7 Å². The Bertz CT molecular complexity index is 1160.